The van der Waals surface area contributed by atoms with Crippen LogP contribution in [-0.2, 0) is 9.53 Å². The summed E-state index contributed by atoms with van der Waals surface area (Å²) < 4.78 is 5.01. The van der Waals surface area contributed by atoms with Crippen molar-refractivity contribution in [1.29, 1.82) is 0 Å². The fourth-order valence-corrected chi connectivity index (χ4v) is 3.59. The number of rotatable bonds is 5. The van der Waals surface area contributed by atoms with Crippen molar-refractivity contribution in [2.45, 2.75) is 6.92 Å². The zero-order valence-electron chi connectivity index (χ0n) is 16.2. The van der Waals surface area contributed by atoms with Crippen molar-refractivity contribution in [3.05, 3.63) is 64.0 Å². The highest BCUT2D eigenvalue weighted by atomic mass is 32.1. The lowest BCUT2D eigenvalue weighted by atomic mass is 10.2. The fourth-order valence-electron chi connectivity index (χ4n) is 2.93. The molecule has 0 saturated carbocycles. The number of carbonyl (C=O) groups excluding carboxylic acids is 3. The molecule has 1 N–H and O–H groups in total. The van der Waals surface area contributed by atoms with Crippen LogP contribution in [-0.4, -0.2) is 60.5 Å². The summed E-state index contributed by atoms with van der Waals surface area (Å²) in [7, 11) is 0. The van der Waals surface area contributed by atoms with Crippen molar-refractivity contribution in [2.24, 2.45) is 0 Å². The van der Waals surface area contributed by atoms with Crippen molar-refractivity contribution in [2.75, 3.05) is 32.8 Å². The standard InChI is InChI=1S/C21H23N3O4S/c1-2-28-21(27)24-12-10-23(11-13-24)20(26)18(15-17-9-6-14-29-17)22-19(25)16-7-4-3-5-8-16/h3-9,14-15H,2,10-13H2,1H3,(H,22,25)/b18-15-. The minimum absolute atomic E-state index is 0.214. The van der Waals surface area contributed by atoms with Gasteiger partial charge in [0.25, 0.3) is 11.8 Å². The summed E-state index contributed by atoms with van der Waals surface area (Å²) in [6.45, 7) is 3.61. The Bertz CT molecular complexity index is 873. The number of piperazine rings is 1. The quantitative estimate of drug-likeness (QED) is 0.765. The maximum absolute atomic E-state index is 13.1. The molecular formula is C21H23N3O4S. The van der Waals surface area contributed by atoms with Crippen molar-refractivity contribution in [3.63, 3.8) is 0 Å². The molecule has 7 nitrogen and oxygen atoms in total. The number of benzene rings is 1. The van der Waals surface area contributed by atoms with Gasteiger partial charge in [-0.1, -0.05) is 24.3 Å². The van der Waals surface area contributed by atoms with Crippen LogP contribution in [0.2, 0.25) is 0 Å². The highest BCUT2D eigenvalue weighted by molar-refractivity contribution is 7.10. The molecule has 0 atom stereocenters. The van der Waals surface area contributed by atoms with E-state index < -0.39 is 0 Å². The number of thiophene rings is 1. The van der Waals surface area contributed by atoms with Crippen LogP contribution in [0.5, 0.6) is 0 Å². The summed E-state index contributed by atoms with van der Waals surface area (Å²) in [4.78, 5) is 41.6. The van der Waals surface area contributed by atoms with E-state index in [1.165, 1.54) is 11.3 Å². The summed E-state index contributed by atoms with van der Waals surface area (Å²) in [6.07, 6.45) is 1.32. The van der Waals surface area contributed by atoms with Crippen LogP contribution < -0.4 is 5.32 Å². The van der Waals surface area contributed by atoms with Crippen LogP contribution in [0.3, 0.4) is 0 Å². The number of ether oxygens (including phenoxy) is 1. The lowest BCUT2D eigenvalue weighted by molar-refractivity contribution is -0.128. The summed E-state index contributed by atoms with van der Waals surface area (Å²) in [5.41, 5.74) is 0.690. The maximum atomic E-state index is 13.1. The average molecular weight is 413 g/mol. The molecule has 1 aliphatic rings. The smallest absolute Gasteiger partial charge is 0.409 e. The first-order valence-electron chi connectivity index (χ1n) is 9.41. The van der Waals surface area contributed by atoms with Gasteiger partial charge < -0.3 is 19.9 Å². The van der Waals surface area contributed by atoms with E-state index in [-0.39, 0.29) is 23.6 Å². The van der Waals surface area contributed by atoms with Gasteiger partial charge in [0.2, 0.25) is 0 Å². The number of carbonyl (C=O) groups is 3. The third-order valence-corrected chi connectivity index (χ3v) is 5.26. The third kappa shape index (κ3) is 5.45. The van der Waals surface area contributed by atoms with Gasteiger partial charge in [0.05, 0.1) is 6.61 Å². The van der Waals surface area contributed by atoms with E-state index in [4.69, 9.17) is 4.74 Å². The van der Waals surface area contributed by atoms with Crippen molar-refractivity contribution in [3.8, 4) is 0 Å². The Labute approximate surface area is 173 Å². The van der Waals surface area contributed by atoms with E-state index in [1.807, 2.05) is 23.6 Å². The summed E-state index contributed by atoms with van der Waals surface area (Å²) in [5.74, 6) is -0.613. The number of hydrogen-bond donors (Lipinski definition) is 1. The van der Waals surface area contributed by atoms with Crippen LogP contribution in [0.25, 0.3) is 6.08 Å². The zero-order valence-corrected chi connectivity index (χ0v) is 17.0. The Kier molecular flexibility index (Phi) is 7.02. The molecule has 3 rings (SSSR count). The van der Waals surface area contributed by atoms with Crippen molar-refractivity contribution < 1.29 is 19.1 Å². The number of nitrogens with zero attached hydrogens (tertiary/aromatic N) is 2. The van der Waals surface area contributed by atoms with E-state index in [2.05, 4.69) is 5.32 Å². The van der Waals surface area contributed by atoms with Gasteiger partial charge in [0.1, 0.15) is 5.70 Å². The lowest BCUT2D eigenvalue weighted by Gasteiger charge is -2.34. The molecule has 0 unspecified atom stereocenters. The van der Waals surface area contributed by atoms with Crippen molar-refractivity contribution >= 4 is 35.3 Å². The maximum Gasteiger partial charge on any atom is 0.409 e. The SMILES string of the molecule is CCOC(=O)N1CCN(C(=O)/C(=C/c2cccs2)NC(=O)c2ccccc2)CC1. The molecule has 1 fully saturated rings. The van der Waals surface area contributed by atoms with Crippen LogP contribution in [0.4, 0.5) is 4.79 Å². The Balaban J connectivity index is 1.72. The topological polar surface area (TPSA) is 79.0 Å². The summed E-state index contributed by atoms with van der Waals surface area (Å²) in [6, 6.07) is 12.5. The van der Waals surface area contributed by atoms with E-state index in [9.17, 15) is 14.4 Å². The number of hydrogen-bond acceptors (Lipinski definition) is 5. The van der Waals surface area contributed by atoms with E-state index in [0.717, 1.165) is 4.88 Å². The molecular weight excluding hydrogens is 390 g/mol. The largest absolute Gasteiger partial charge is 0.450 e. The van der Waals surface area contributed by atoms with Crippen LogP contribution >= 0.6 is 11.3 Å². The molecule has 1 aliphatic heterocycles. The van der Waals surface area contributed by atoms with E-state index in [0.29, 0.717) is 38.3 Å². The molecule has 29 heavy (non-hydrogen) atoms. The molecule has 2 aromatic rings. The first kappa shape index (κ1) is 20.6. The number of nitrogens with one attached hydrogen (secondary N) is 1. The third-order valence-electron chi connectivity index (χ3n) is 4.44. The minimum Gasteiger partial charge on any atom is -0.450 e. The highest BCUT2D eigenvalue weighted by Crippen LogP contribution is 2.15. The minimum atomic E-state index is -0.369. The lowest BCUT2D eigenvalue weighted by Crippen LogP contribution is -2.52. The molecule has 0 spiro atoms. The van der Waals surface area contributed by atoms with Crippen LogP contribution in [0.15, 0.2) is 53.5 Å². The molecule has 3 amide bonds. The first-order chi connectivity index (χ1) is 14.1. The Hall–Kier alpha value is -3.13. The Morgan fingerprint density at radius 2 is 1.72 bits per heavy atom. The van der Waals surface area contributed by atoms with Gasteiger partial charge in [-0.2, -0.15) is 0 Å². The number of amides is 3. The Morgan fingerprint density at radius 1 is 1.03 bits per heavy atom. The zero-order chi connectivity index (χ0) is 20.6. The molecule has 0 bridgehead atoms. The predicted octanol–water partition coefficient (Wildman–Crippen LogP) is 2.82. The van der Waals surface area contributed by atoms with Gasteiger partial charge >= 0.3 is 6.09 Å². The van der Waals surface area contributed by atoms with E-state index >= 15 is 0 Å². The molecule has 1 aromatic heterocycles. The molecule has 8 heteroatoms. The second kappa shape index (κ2) is 9.88. The molecule has 1 aromatic carbocycles. The van der Waals surface area contributed by atoms with E-state index in [1.54, 1.807) is 47.1 Å². The highest BCUT2D eigenvalue weighted by Gasteiger charge is 2.27. The van der Waals surface area contributed by atoms with Gasteiger partial charge in [0, 0.05) is 36.6 Å². The Morgan fingerprint density at radius 3 is 2.34 bits per heavy atom. The van der Waals surface area contributed by atoms with Gasteiger partial charge in [-0.3, -0.25) is 9.59 Å². The molecule has 2 heterocycles. The second-order valence-electron chi connectivity index (χ2n) is 6.37. The summed E-state index contributed by atoms with van der Waals surface area (Å²) >= 11 is 1.48. The normalized spacial score (nSPS) is 14.4. The van der Waals surface area contributed by atoms with Gasteiger partial charge in [-0.25, -0.2) is 4.79 Å². The van der Waals surface area contributed by atoms with Gasteiger partial charge in [-0.15, -0.1) is 11.3 Å². The molecule has 152 valence electrons. The van der Waals surface area contributed by atoms with Crippen molar-refractivity contribution in [1.82, 2.24) is 15.1 Å². The average Bonchev–Trinajstić information content (AvgIpc) is 3.27. The monoisotopic (exact) mass is 413 g/mol. The fraction of sp³-hybridized carbons (Fsp3) is 0.286. The molecule has 1 saturated heterocycles. The first-order valence-corrected chi connectivity index (χ1v) is 10.3. The second-order valence-corrected chi connectivity index (χ2v) is 7.35. The molecule has 0 radical (unpaired) electrons. The van der Waals surface area contributed by atoms with Crippen LogP contribution in [0.1, 0.15) is 22.2 Å². The molecule has 0 aliphatic carbocycles. The predicted molar refractivity (Wildman–Crippen MR) is 111 cm³/mol. The van der Waals surface area contributed by atoms with Crippen LogP contribution in [0, 0.1) is 0 Å². The van der Waals surface area contributed by atoms with Gasteiger partial charge in [-0.05, 0) is 36.6 Å². The summed E-state index contributed by atoms with van der Waals surface area (Å²) in [5, 5.41) is 4.66. The van der Waals surface area contributed by atoms with Gasteiger partial charge in [0.15, 0.2) is 0 Å².